The first-order valence-corrected chi connectivity index (χ1v) is 6.79. The summed E-state index contributed by atoms with van der Waals surface area (Å²) < 4.78 is 5.21. The summed E-state index contributed by atoms with van der Waals surface area (Å²) in [7, 11) is 0. The molecule has 18 heavy (non-hydrogen) atoms. The van der Waals surface area contributed by atoms with E-state index < -0.39 is 11.7 Å². The van der Waals surface area contributed by atoms with E-state index in [0.717, 1.165) is 32.0 Å². The monoisotopic (exact) mass is 255 g/mol. The number of nitrogens with two attached hydrogens (primary N) is 1. The van der Waals surface area contributed by atoms with Crippen molar-refractivity contribution in [1.29, 1.82) is 0 Å². The van der Waals surface area contributed by atoms with Gasteiger partial charge in [0.15, 0.2) is 0 Å². The van der Waals surface area contributed by atoms with Gasteiger partial charge in [-0.3, -0.25) is 0 Å². The third-order valence-corrected chi connectivity index (χ3v) is 4.49. The van der Waals surface area contributed by atoms with Gasteiger partial charge in [-0.1, -0.05) is 6.92 Å². The van der Waals surface area contributed by atoms with Crippen molar-refractivity contribution in [2.24, 2.45) is 23.5 Å². The molecule has 1 amide bonds. The Morgan fingerprint density at radius 1 is 1.39 bits per heavy atom. The highest BCUT2D eigenvalue weighted by Crippen LogP contribution is 2.39. The number of primary amides is 1. The van der Waals surface area contributed by atoms with Crippen molar-refractivity contribution < 1.29 is 14.3 Å². The third-order valence-electron chi connectivity index (χ3n) is 4.49. The van der Waals surface area contributed by atoms with E-state index in [4.69, 9.17) is 10.5 Å². The lowest BCUT2D eigenvalue weighted by molar-refractivity contribution is -0.109. The highest BCUT2D eigenvalue weighted by atomic mass is 16.6. The first-order chi connectivity index (χ1) is 8.36. The number of hydrogen-bond donors (Lipinski definition) is 1. The summed E-state index contributed by atoms with van der Waals surface area (Å²) in [5.41, 5.74) is 4.59. The summed E-state index contributed by atoms with van der Waals surface area (Å²) in [5.74, 6) is 1.37. The van der Waals surface area contributed by atoms with Gasteiger partial charge in [0.25, 0.3) is 0 Å². The average Bonchev–Trinajstić information content (AvgIpc) is 2.28. The van der Waals surface area contributed by atoms with Gasteiger partial charge in [0.2, 0.25) is 0 Å². The topological polar surface area (TPSA) is 69.4 Å². The fraction of sp³-hybridized carbons (Fsp3) is 0.857. The number of ether oxygens (including phenoxy) is 1. The molecule has 4 nitrogen and oxygen atoms in total. The SMILES string of the molecule is CC(C1CCC(CC=O)CC1)C(C)(C)OC(N)=O. The van der Waals surface area contributed by atoms with Crippen LogP contribution in [0.4, 0.5) is 4.79 Å². The predicted molar refractivity (Wildman–Crippen MR) is 70.0 cm³/mol. The second kappa shape index (κ2) is 6.21. The van der Waals surface area contributed by atoms with Crippen LogP contribution in [0.15, 0.2) is 0 Å². The van der Waals surface area contributed by atoms with Crippen LogP contribution in [-0.2, 0) is 9.53 Å². The van der Waals surface area contributed by atoms with Crippen LogP contribution in [0.5, 0.6) is 0 Å². The quantitative estimate of drug-likeness (QED) is 0.768. The lowest BCUT2D eigenvalue weighted by atomic mass is 9.71. The Bertz CT molecular complexity index is 293. The van der Waals surface area contributed by atoms with Gasteiger partial charge in [-0.2, -0.15) is 0 Å². The summed E-state index contributed by atoms with van der Waals surface area (Å²) >= 11 is 0. The smallest absolute Gasteiger partial charge is 0.405 e. The first kappa shape index (κ1) is 15.0. The molecule has 1 atom stereocenters. The van der Waals surface area contributed by atoms with E-state index in [9.17, 15) is 9.59 Å². The predicted octanol–water partition coefficient (Wildman–Crippen LogP) is 2.89. The summed E-state index contributed by atoms with van der Waals surface area (Å²) in [5, 5.41) is 0. The summed E-state index contributed by atoms with van der Waals surface area (Å²) in [6.07, 6.45) is 5.40. The third kappa shape index (κ3) is 4.00. The van der Waals surface area contributed by atoms with E-state index in [-0.39, 0.29) is 5.92 Å². The molecule has 1 fully saturated rings. The first-order valence-electron chi connectivity index (χ1n) is 6.79. The normalized spacial score (nSPS) is 26.4. The maximum Gasteiger partial charge on any atom is 0.405 e. The summed E-state index contributed by atoms with van der Waals surface area (Å²) in [6.45, 7) is 5.95. The highest BCUT2D eigenvalue weighted by Gasteiger charge is 2.36. The maximum absolute atomic E-state index is 10.9. The Morgan fingerprint density at radius 3 is 2.39 bits per heavy atom. The van der Waals surface area contributed by atoms with Gasteiger partial charge in [0.1, 0.15) is 11.9 Å². The number of aldehydes is 1. The van der Waals surface area contributed by atoms with Crippen LogP contribution in [0, 0.1) is 17.8 Å². The molecule has 104 valence electrons. The molecule has 0 aromatic carbocycles. The fourth-order valence-corrected chi connectivity index (χ4v) is 2.98. The minimum absolute atomic E-state index is 0.280. The minimum Gasteiger partial charge on any atom is -0.443 e. The molecule has 0 radical (unpaired) electrons. The van der Waals surface area contributed by atoms with Gasteiger partial charge < -0.3 is 15.3 Å². The van der Waals surface area contributed by atoms with Crippen LogP contribution in [0.2, 0.25) is 0 Å². The van der Waals surface area contributed by atoms with Crippen molar-refractivity contribution in [2.45, 2.75) is 58.5 Å². The van der Waals surface area contributed by atoms with Crippen LogP contribution in [0.1, 0.15) is 52.9 Å². The Kier molecular flexibility index (Phi) is 5.17. The molecule has 2 N–H and O–H groups in total. The van der Waals surface area contributed by atoms with Crippen molar-refractivity contribution in [3.8, 4) is 0 Å². The Morgan fingerprint density at radius 2 is 1.94 bits per heavy atom. The number of carbonyl (C=O) groups excluding carboxylic acids is 2. The maximum atomic E-state index is 10.9. The van der Waals surface area contributed by atoms with E-state index >= 15 is 0 Å². The van der Waals surface area contributed by atoms with Gasteiger partial charge in [-0.25, -0.2) is 4.79 Å². The van der Waals surface area contributed by atoms with Crippen LogP contribution in [-0.4, -0.2) is 18.0 Å². The van der Waals surface area contributed by atoms with Crippen LogP contribution in [0.25, 0.3) is 0 Å². The molecule has 0 saturated heterocycles. The molecule has 0 heterocycles. The van der Waals surface area contributed by atoms with Crippen LogP contribution < -0.4 is 5.73 Å². The van der Waals surface area contributed by atoms with Crippen molar-refractivity contribution in [3.63, 3.8) is 0 Å². The summed E-state index contributed by atoms with van der Waals surface area (Å²) in [4.78, 5) is 21.4. The number of rotatable bonds is 5. The molecule has 1 unspecified atom stereocenters. The van der Waals surface area contributed by atoms with E-state index in [2.05, 4.69) is 6.92 Å². The van der Waals surface area contributed by atoms with Crippen molar-refractivity contribution >= 4 is 12.4 Å². The second-order valence-electron chi connectivity index (χ2n) is 6.00. The number of amides is 1. The van der Waals surface area contributed by atoms with Gasteiger partial charge in [-0.05, 0) is 57.3 Å². The van der Waals surface area contributed by atoms with Crippen molar-refractivity contribution in [2.75, 3.05) is 0 Å². The standard InChI is InChI=1S/C14H25NO3/c1-10(14(2,3)18-13(15)17)12-6-4-11(5-7-12)8-9-16/h9-12H,4-8H2,1-3H3,(H2,15,17). The van der Waals surface area contributed by atoms with Gasteiger partial charge in [0, 0.05) is 6.42 Å². The fourth-order valence-electron chi connectivity index (χ4n) is 2.98. The zero-order valence-corrected chi connectivity index (χ0v) is 11.6. The number of hydrogen-bond acceptors (Lipinski definition) is 3. The molecule has 0 bridgehead atoms. The molecule has 0 aromatic heterocycles. The average molecular weight is 255 g/mol. The van der Waals surface area contributed by atoms with Crippen molar-refractivity contribution in [1.82, 2.24) is 0 Å². The van der Waals surface area contributed by atoms with E-state index in [1.807, 2.05) is 13.8 Å². The highest BCUT2D eigenvalue weighted by molar-refractivity contribution is 5.65. The van der Waals surface area contributed by atoms with Crippen molar-refractivity contribution in [3.05, 3.63) is 0 Å². The molecular formula is C14H25NO3. The molecule has 0 spiro atoms. The van der Waals surface area contributed by atoms with E-state index in [0.29, 0.717) is 18.3 Å². The van der Waals surface area contributed by atoms with Gasteiger partial charge in [-0.15, -0.1) is 0 Å². The molecule has 1 aliphatic carbocycles. The number of carbonyl (C=O) groups is 2. The Hall–Kier alpha value is -1.06. The van der Waals surface area contributed by atoms with Gasteiger partial charge in [0.05, 0.1) is 0 Å². The summed E-state index contributed by atoms with van der Waals surface area (Å²) in [6, 6.07) is 0. The molecule has 0 aliphatic heterocycles. The lowest BCUT2D eigenvalue weighted by Gasteiger charge is -2.39. The van der Waals surface area contributed by atoms with E-state index in [1.54, 1.807) is 0 Å². The molecule has 1 aliphatic rings. The molecule has 0 aromatic rings. The molecular weight excluding hydrogens is 230 g/mol. The second-order valence-corrected chi connectivity index (χ2v) is 6.00. The Balaban J connectivity index is 2.50. The van der Waals surface area contributed by atoms with Crippen LogP contribution in [0.3, 0.4) is 0 Å². The Labute approximate surface area is 109 Å². The lowest BCUT2D eigenvalue weighted by Crippen LogP contribution is -2.41. The van der Waals surface area contributed by atoms with E-state index in [1.165, 1.54) is 0 Å². The largest absolute Gasteiger partial charge is 0.443 e. The molecule has 1 saturated carbocycles. The molecule has 4 heteroatoms. The van der Waals surface area contributed by atoms with Gasteiger partial charge >= 0.3 is 6.09 Å². The minimum atomic E-state index is -0.707. The molecule has 1 rings (SSSR count). The zero-order chi connectivity index (χ0) is 13.8. The van der Waals surface area contributed by atoms with Crippen LogP contribution >= 0.6 is 0 Å². The zero-order valence-electron chi connectivity index (χ0n) is 11.6.